The fourth-order valence-corrected chi connectivity index (χ4v) is 2.21. The summed E-state index contributed by atoms with van der Waals surface area (Å²) in [7, 11) is 0. The summed E-state index contributed by atoms with van der Waals surface area (Å²) in [4.78, 5) is 0. The van der Waals surface area contributed by atoms with Gasteiger partial charge in [0.05, 0.1) is 5.69 Å². The first-order chi connectivity index (χ1) is 9.65. The Morgan fingerprint density at radius 3 is 2.75 bits per heavy atom. The van der Waals surface area contributed by atoms with Crippen LogP contribution in [0.2, 0.25) is 5.02 Å². The molecule has 0 unspecified atom stereocenters. The summed E-state index contributed by atoms with van der Waals surface area (Å²) in [6, 6.07) is 13.2. The number of aryl methyl sites for hydroxylation is 1. The number of benzene rings is 2. The number of nitrogens with zero attached hydrogens (tertiary/aromatic N) is 4. The van der Waals surface area contributed by atoms with Crippen LogP contribution in [0.3, 0.4) is 0 Å². The molecule has 6 heteroatoms. The Balaban J connectivity index is 2.15. The van der Waals surface area contributed by atoms with Crippen LogP contribution in [-0.2, 0) is 0 Å². The molecule has 1 aromatic heterocycles. The Bertz CT molecular complexity index is 766. The van der Waals surface area contributed by atoms with Crippen molar-refractivity contribution in [3.63, 3.8) is 0 Å². The van der Waals surface area contributed by atoms with E-state index in [0.29, 0.717) is 16.5 Å². The molecule has 0 amide bonds. The highest BCUT2D eigenvalue weighted by Gasteiger charge is 2.13. The number of hydrogen-bond donors (Lipinski definition) is 1. The van der Waals surface area contributed by atoms with Crippen molar-refractivity contribution in [3.05, 3.63) is 53.1 Å². The molecule has 0 saturated carbocycles. The third-order valence-corrected chi connectivity index (χ3v) is 3.21. The van der Waals surface area contributed by atoms with Crippen LogP contribution in [0.15, 0.2) is 42.5 Å². The van der Waals surface area contributed by atoms with Gasteiger partial charge in [-0.2, -0.15) is 4.68 Å². The summed E-state index contributed by atoms with van der Waals surface area (Å²) in [5.41, 5.74) is 9.31. The Morgan fingerprint density at radius 1 is 1.15 bits per heavy atom. The van der Waals surface area contributed by atoms with Crippen molar-refractivity contribution in [3.8, 4) is 17.1 Å². The van der Waals surface area contributed by atoms with E-state index in [1.807, 2.05) is 37.3 Å². The van der Waals surface area contributed by atoms with E-state index in [9.17, 15) is 0 Å². The van der Waals surface area contributed by atoms with E-state index in [0.717, 1.165) is 16.8 Å². The van der Waals surface area contributed by atoms with Crippen LogP contribution in [0.25, 0.3) is 17.1 Å². The summed E-state index contributed by atoms with van der Waals surface area (Å²) < 4.78 is 1.66. The molecule has 0 spiro atoms. The van der Waals surface area contributed by atoms with Gasteiger partial charge in [0, 0.05) is 16.3 Å². The summed E-state index contributed by atoms with van der Waals surface area (Å²) in [5.74, 6) is 0.588. The van der Waals surface area contributed by atoms with Gasteiger partial charge in [-0.1, -0.05) is 23.7 Å². The quantitative estimate of drug-likeness (QED) is 0.735. The lowest BCUT2D eigenvalue weighted by Crippen LogP contribution is -2.01. The molecule has 1 heterocycles. The fraction of sp³-hybridized carbons (Fsp3) is 0.0714. The van der Waals surface area contributed by atoms with Gasteiger partial charge in [0.25, 0.3) is 0 Å². The third kappa shape index (κ3) is 2.23. The van der Waals surface area contributed by atoms with Gasteiger partial charge in [-0.3, -0.25) is 0 Å². The van der Waals surface area contributed by atoms with Crippen molar-refractivity contribution in [1.29, 1.82) is 0 Å². The van der Waals surface area contributed by atoms with Crippen LogP contribution in [-0.4, -0.2) is 20.2 Å². The van der Waals surface area contributed by atoms with Gasteiger partial charge >= 0.3 is 0 Å². The van der Waals surface area contributed by atoms with E-state index < -0.39 is 0 Å². The summed E-state index contributed by atoms with van der Waals surface area (Å²) >= 11 is 5.92. The first-order valence-electron chi connectivity index (χ1n) is 6.06. The van der Waals surface area contributed by atoms with Gasteiger partial charge in [0.15, 0.2) is 5.82 Å². The molecule has 0 aliphatic rings. The first kappa shape index (κ1) is 12.6. The number of tetrazole rings is 1. The molecule has 20 heavy (non-hydrogen) atoms. The van der Waals surface area contributed by atoms with E-state index in [1.54, 1.807) is 16.8 Å². The smallest absolute Gasteiger partial charge is 0.189 e. The maximum atomic E-state index is 6.00. The Kier molecular flexibility index (Phi) is 3.12. The van der Waals surface area contributed by atoms with Crippen molar-refractivity contribution >= 4 is 17.3 Å². The first-order valence-corrected chi connectivity index (χ1v) is 6.44. The van der Waals surface area contributed by atoms with Gasteiger partial charge in [0.2, 0.25) is 0 Å². The van der Waals surface area contributed by atoms with E-state index in [1.165, 1.54) is 0 Å². The zero-order valence-electron chi connectivity index (χ0n) is 10.8. The van der Waals surface area contributed by atoms with E-state index in [4.69, 9.17) is 17.3 Å². The highest BCUT2D eigenvalue weighted by Crippen LogP contribution is 2.27. The van der Waals surface area contributed by atoms with Crippen LogP contribution < -0.4 is 5.73 Å². The monoisotopic (exact) mass is 285 g/mol. The number of nitrogen functional groups attached to an aromatic ring is 1. The molecule has 0 saturated heterocycles. The molecular formula is C14H12ClN5. The number of anilines is 1. The molecule has 3 rings (SSSR count). The van der Waals surface area contributed by atoms with Crippen LogP contribution in [0.4, 0.5) is 5.69 Å². The number of halogens is 1. The van der Waals surface area contributed by atoms with Crippen molar-refractivity contribution in [2.45, 2.75) is 6.92 Å². The van der Waals surface area contributed by atoms with E-state index in [2.05, 4.69) is 15.5 Å². The minimum absolute atomic E-state index is 0.543. The number of aromatic nitrogens is 4. The molecule has 0 atom stereocenters. The molecule has 0 aliphatic heterocycles. The summed E-state index contributed by atoms with van der Waals surface area (Å²) in [6.07, 6.45) is 0. The molecule has 0 bridgehead atoms. The molecular weight excluding hydrogens is 274 g/mol. The molecule has 100 valence electrons. The van der Waals surface area contributed by atoms with Gasteiger partial charge in [-0.05, 0) is 53.2 Å². The van der Waals surface area contributed by atoms with Gasteiger partial charge in [0.1, 0.15) is 0 Å². The fourth-order valence-electron chi connectivity index (χ4n) is 2.03. The highest BCUT2D eigenvalue weighted by atomic mass is 35.5. The average molecular weight is 286 g/mol. The van der Waals surface area contributed by atoms with Crippen LogP contribution in [0.5, 0.6) is 0 Å². The standard InChI is InChI=1S/C14H12ClN5/c1-9-3-2-4-11(7-9)20-14(17-18-19-20)12-6-5-10(15)8-13(12)16/h2-8H,16H2,1H3. The number of nitrogens with two attached hydrogens (primary N) is 1. The molecule has 2 aromatic carbocycles. The predicted molar refractivity (Wildman–Crippen MR) is 78.7 cm³/mol. The van der Waals surface area contributed by atoms with Gasteiger partial charge in [-0.15, -0.1) is 5.10 Å². The predicted octanol–water partition coefficient (Wildman–Crippen LogP) is 2.87. The molecule has 3 aromatic rings. The van der Waals surface area contributed by atoms with Gasteiger partial charge < -0.3 is 5.73 Å². The second-order valence-electron chi connectivity index (χ2n) is 4.48. The normalized spacial score (nSPS) is 10.7. The zero-order chi connectivity index (χ0) is 14.1. The van der Waals surface area contributed by atoms with E-state index >= 15 is 0 Å². The van der Waals surface area contributed by atoms with Crippen molar-refractivity contribution in [1.82, 2.24) is 20.2 Å². The van der Waals surface area contributed by atoms with E-state index in [-0.39, 0.29) is 0 Å². The second-order valence-corrected chi connectivity index (χ2v) is 4.92. The minimum atomic E-state index is 0.543. The summed E-state index contributed by atoms with van der Waals surface area (Å²) in [5, 5.41) is 12.4. The number of rotatable bonds is 2. The maximum Gasteiger partial charge on any atom is 0.189 e. The molecule has 5 nitrogen and oxygen atoms in total. The van der Waals surface area contributed by atoms with Crippen molar-refractivity contribution < 1.29 is 0 Å². The lowest BCUT2D eigenvalue weighted by Gasteiger charge is -2.07. The average Bonchev–Trinajstić information content (AvgIpc) is 2.87. The third-order valence-electron chi connectivity index (χ3n) is 2.97. The van der Waals surface area contributed by atoms with Crippen molar-refractivity contribution in [2.24, 2.45) is 0 Å². The SMILES string of the molecule is Cc1cccc(-n2nnnc2-c2ccc(Cl)cc2N)c1. The van der Waals surface area contributed by atoms with Crippen LogP contribution in [0.1, 0.15) is 5.56 Å². The molecule has 0 aliphatic carbocycles. The maximum absolute atomic E-state index is 6.00. The van der Waals surface area contributed by atoms with Crippen molar-refractivity contribution in [2.75, 3.05) is 5.73 Å². The topological polar surface area (TPSA) is 69.6 Å². The molecule has 0 radical (unpaired) electrons. The second kappa shape index (κ2) is 4.94. The number of hydrogen-bond acceptors (Lipinski definition) is 4. The van der Waals surface area contributed by atoms with Gasteiger partial charge in [-0.25, -0.2) is 0 Å². The Hall–Kier alpha value is -2.40. The lowest BCUT2D eigenvalue weighted by molar-refractivity contribution is 0.790. The summed E-state index contributed by atoms with van der Waals surface area (Å²) in [6.45, 7) is 2.02. The largest absolute Gasteiger partial charge is 0.398 e. The molecule has 0 fully saturated rings. The Morgan fingerprint density at radius 2 is 2.00 bits per heavy atom. The van der Waals surface area contributed by atoms with Crippen LogP contribution >= 0.6 is 11.6 Å². The minimum Gasteiger partial charge on any atom is -0.398 e. The lowest BCUT2D eigenvalue weighted by atomic mass is 10.1. The highest BCUT2D eigenvalue weighted by molar-refractivity contribution is 6.31. The van der Waals surface area contributed by atoms with Crippen LogP contribution in [0, 0.1) is 6.92 Å². The Labute approximate surface area is 121 Å². The zero-order valence-corrected chi connectivity index (χ0v) is 11.5. The molecule has 2 N–H and O–H groups in total.